The Morgan fingerprint density at radius 3 is 2.64 bits per heavy atom. The molecule has 2 aromatic carbocycles. The number of carbonyl (C=O) groups excluding carboxylic acids is 1. The van der Waals surface area contributed by atoms with Gasteiger partial charge in [0.2, 0.25) is 11.8 Å². The molecule has 1 amide bonds. The number of rotatable bonds is 8. The maximum absolute atomic E-state index is 11.3. The van der Waals surface area contributed by atoms with Crippen LogP contribution >= 0.6 is 11.6 Å². The fraction of sp³-hybridized carbons (Fsp3) is 0.280. The third-order valence-corrected chi connectivity index (χ3v) is 6.23. The van der Waals surface area contributed by atoms with Gasteiger partial charge in [-0.15, -0.1) is 0 Å². The lowest BCUT2D eigenvalue weighted by Crippen LogP contribution is -2.13. The highest BCUT2D eigenvalue weighted by molar-refractivity contribution is 6.33. The largest absolute Gasteiger partial charge is 0.470 e. The van der Waals surface area contributed by atoms with Crippen molar-refractivity contribution in [1.82, 2.24) is 19.5 Å². The summed E-state index contributed by atoms with van der Waals surface area (Å²) >= 11 is 6.65. The summed E-state index contributed by atoms with van der Waals surface area (Å²) in [6, 6.07) is 15.7. The highest BCUT2D eigenvalue weighted by atomic mass is 35.5. The monoisotopic (exact) mass is 461 g/mol. The zero-order valence-electron chi connectivity index (χ0n) is 18.3. The molecule has 2 aromatic heterocycles. The van der Waals surface area contributed by atoms with Crippen LogP contribution in [0.1, 0.15) is 30.9 Å². The van der Waals surface area contributed by atoms with Crippen molar-refractivity contribution in [2.75, 3.05) is 0 Å². The molecule has 1 aliphatic carbocycles. The first kappa shape index (κ1) is 21.4. The smallest absolute Gasteiger partial charge is 0.245 e. The molecule has 0 spiro atoms. The van der Waals surface area contributed by atoms with Crippen LogP contribution in [0.4, 0.5) is 0 Å². The van der Waals surface area contributed by atoms with Crippen molar-refractivity contribution in [2.45, 2.75) is 44.8 Å². The van der Waals surface area contributed by atoms with Gasteiger partial charge in [-0.3, -0.25) is 4.79 Å². The molecule has 1 fully saturated rings. The second kappa shape index (κ2) is 8.48. The van der Waals surface area contributed by atoms with Gasteiger partial charge in [-0.2, -0.15) is 4.98 Å². The maximum atomic E-state index is 11.3. The number of ether oxygens (including phenoxy) is 1. The molecule has 0 unspecified atom stereocenters. The van der Waals surface area contributed by atoms with E-state index in [4.69, 9.17) is 27.1 Å². The number of imidazole rings is 1. The number of carbonyl (C=O) groups is 1. The highest BCUT2D eigenvalue weighted by Gasteiger charge is 2.41. The van der Waals surface area contributed by atoms with Crippen molar-refractivity contribution in [2.24, 2.45) is 5.73 Å². The quantitative estimate of drug-likeness (QED) is 0.421. The number of halogens is 1. The van der Waals surface area contributed by atoms with Gasteiger partial charge in [0.1, 0.15) is 17.8 Å². The number of fused-ring (bicyclic) bond motifs is 1. The average molecular weight is 462 g/mol. The molecule has 2 N–H and O–H groups in total. The first-order chi connectivity index (χ1) is 15.9. The van der Waals surface area contributed by atoms with Crippen molar-refractivity contribution in [1.29, 1.82) is 0 Å². The highest BCUT2D eigenvalue weighted by Crippen LogP contribution is 2.41. The van der Waals surface area contributed by atoms with Crippen LogP contribution in [0.5, 0.6) is 5.88 Å². The molecule has 4 aromatic rings. The molecule has 5 rings (SSSR count). The number of aromatic nitrogens is 4. The number of nitrogens with two attached hydrogens (primary N) is 1. The van der Waals surface area contributed by atoms with Crippen LogP contribution in [0.15, 0.2) is 54.9 Å². The van der Waals surface area contributed by atoms with E-state index in [1.54, 1.807) is 6.07 Å². The number of benzene rings is 2. The van der Waals surface area contributed by atoms with Crippen LogP contribution in [0.25, 0.3) is 22.6 Å². The van der Waals surface area contributed by atoms with Crippen LogP contribution in [0, 0.1) is 0 Å². The number of nitrogens with zero attached hydrogens (tertiary/aromatic N) is 4. The van der Waals surface area contributed by atoms with Gasteiger partial charge in [0, 0.05) is 12.1 Å². The van der Waals surface area contributed by atoms with Crippen molar-refractivity contribution in [3.8, 4) is 17.3 Å². The van der Waals surface area contributed by atoms with E-state index in [0.29, 0.717) is 34.4 Å². The molecular formula is C25H24ClN5O2. The predicted molar refractivity (Wildman–Crippen MR) is 127 cm³/mol. The van der Waals surface area contributed by atoms with E-state index in [9.17, 15) is 4.79 Å². The molecule has 7 nitrogen and oxygen atoms in total. The summed E-state index contributed by atoms with van der Waals surface area (Å²) in [5.41, 5.74) is 9.18. The Bertz CT molecular complexity index is 1330. The molecule has 2 heterocycles. The van der Waals surface area contributed by atoms with Gasteiger partial charge < -0.3 is 15.0 Å². The number of amides is 1. The van der Waals surface area contributed by atoms with Crippen LogP contribution in [-0.4, -0.2) is 31.0 Å². The van der Waals surface area contributed by atoms with E-state index in [0.717, 1.165) is 30.4 Å². The van der Waals surface area contributed by atoms with Gasteiger partial charge in [0.05, 0.1) is 11.4 Å². The van der Waals surface area contributed by atoms with Gasteiger partial charge in [-0.05, 0) is 49.4 Å². The first-order valence-electron chi connectivity index (χ1n) is 10.9. The van der Waals surface area contributed by atoms with Crippen LogP contribution < -0.4 is 10.5 Å². The van der Waals surface area contributed by atoms with Gasteiger partial charge in [0.15, 0.2) is 11.2 Å². The van der Waals surface area contributed by atoms with Crippen LogP contribution in [0.2, 0.25) is 5.02 Å². The minimum Gasteiger partial charge on any atom is -0.470 e. The molecule has 8 heteroatoms. The van der Waals surface area contributed by atoms with E-state index in [2.05, 4.69) is 33.6 Å². The van der Waals surface area contributed by atoms with E-state index in [-0.39, 0.29) is 12.0 Å². The van der Waals surface area contributed by atoms with Crippen LogP contribution in [0.3, 0.4) is 0 Å². The number of primary amides is 1. The van der Waals surface area contributed by atoms with Crippen molar-refractivity contribution in [3.63, 3.8) is 0 Å². The van der Waals surface area contributed by atoms with E-state index >= 15 is 0 Å². The van der Waals surface area contributed by atoms with E-state index < -0.39 is 5.91 Å². The summed E-state index contributed by atoms with van der Waals surface area (Å²) in [4.78, 5) is 25.1. The Labute approximate surface area is 196 Å². The fourth-order valence-electron chi connectivity index (χ4n) is 3.86. The third kappa shape index (κ3) is 4.54. The van der Waals surface area contributed by atoms with Crippen molar-refractivity contribution >= 4 is 28.7 Å². The molecule has 1 saturated carbocycles. The molecule has 33 heavy (non-hydrogen) atoms. The number of hydrogen-bond donors (Lipinski definition) is 1. The second-order valence-electron chi connectivity index (χ2n) is 8.68. The summed E-state index contributed by atoms with van der Waals surface area (Å²) in [5.74, 6) is 0.767. The SMILES string of the molecule is CC1(Oc2ncnc3c2nc(-c2ccc(CC(N)=O)cc2Cl)n3CCc2ccccc2)CC1. The predicted octanol–water partition coefficient (Wildman–Crippen LogP) is 4.35. The minimum atomic E-state index is -0.403. The molecule has 0 aliphatic heterocycles. The Balaban J connectivity index is 1.60. The normalized spacial score (nSPS) is 14.4. The lowest BCUT2D eigenvalue weighted by atomic mass is 10.1. The number of aryl methyl sites for hydroxylation is 2. The zero-order chi connectivity index (χ0) is 23.0. The maximum Gasteiger partial charge on any atom is 0.245 e. The first-order valence-corrected chi connectivity index (χ1v) is 11.3. The summed E-state index contributed by atoms with van der Waals surface area (Å²) < 4.78 is 8.23. The summed E-state index contributed by atoms with van der Waals surface area (Å²) in [6.45, 7) is 2.73. The average Bonchev–Trinajstić information content (AvgIpc) is 3.39. The molecule has 0 bridgehead atoms. The van der Waals surface area contributed by atoms with Crippen molar-refractivity contribution < 1.29 is 9.53 Å². The Morgan fingerprint density at radius 2 is 1.94 bits per heavy atom. The van der Waals surface area contributed by atoms with E-state index in [1.165, 1.54) is 11.9 Å². The second-order valence-corrected chi connectivity index (χ2v) is 9.09. The molecule has 1 aliphatic rings. The summed E-state index contributed by atoms with van der Waals surface area (Å²) in [5, 5.41) is 0.495. The lowest BCUT2D eigenvalue weighted by molar-refractivity contribution is -0.117. The van der Waals surface area contributed by atoms with Gasteiger partial charge >= 0.3 is 0 Å². The minimum absolute atomic E-state index is 0.131. The number of hydrogen-bond acceptors (Lipinski definition) is 5. The topological polar surface area (TPSA) is 95.9 Å². The Morgan fingerprint density at radius 1 is 1.15 bits per heavy atom. The van der Waals surface area contributed by atoms with Gasteiger partial charge in [-0.25, -0.2) is 9.97 Å². The molecule has 0 saturated heterocycles. The van der Waals surface area contributed by atoms with Crippen molar-refractivity contribution in [3.05, 3.63) is 71.0 Å². The van der Waals surface area contributed by atoms with Crippen LogP contribution in [-0.2, 0) is 24.2 Å². The van der Waals surface area contributed by atoms with E-state index in [1.807, 2.05) is 30.3 Å². The Kier molecular flexibility index (Phi) is 5.50. The molecule has 168 valence electrons. The fourth-order valence-corrected chi connectivity index (χ4v) is 4.14. The van der Waals surface area contributed by atoms with Gasteiger partial charge in [-0.1, -0.05) is 48.0 Å². The summed E-state index contributed by atoms with van der Waals surface area (Å²) in [7, 11) is 0. The standard InChI is InChI=1S/C25H24ClN5O2/c1-25(10-11-25)33-24-21-23(28-15-29-24)31(12-9-16-5-3-2-4-6-16)22(30-21)18-8-7-17(13-19(18)26)14-20(27)32/h2-8,13,15H,9-12,14H2,1H3,(H2,27,32). The summed E-state index contributed by atoms with van der Waals surface area (Å²) in [6.07, 6.45) is 4.44. The van der Waals surface area contributed by atoms with Gasteiger partial charge in [0.25, 0.3) is 0 Å². The molecule has 0 atom stereocenters. The zero-order valence-corrected chi connectivity index (χ0v) is 19.0. The lowest BCUT2D eigenvalue weighted by Gasteiger charge is -2.12. The molecular weight excluding hydrogens is 438 g/mol. The molecule has 0 radical (unpaired) electrons. The third-order valence-electron chi connectivity index (χ3n) is 5.92. The Hall–Kier alpha value is -3.45.